The van der Waals surface area contributed by atoms with E-state index in [2.05, 4.69) is 79.7 Å². The summed E-state index contributed by atoms with van der Waals surface area (Å²) in [6.45, 7) is 13.3. The Morgan fingerprint density at radius 2 is 0.667 bits per heavy atom. The van der Waals surface area contributed by atoms with Gasteiger partial charge in [0.25, 0.3) is 0 Å². The zero-order chi connectivity index (χ0) is 27.3. The number of benzene rings is 2. The molecule has 39 heavy (non-hydrogen) atoms. The summed E-state index contributed by atoms with van der Waals surface area (Å²) in [6.07, 6.45) is 23.7. The van der Waals surface area contributed by atoms with Gasteiger partial charge in [0.15, 0.2) is 0 Å². The van der Waals surface area contributed by atoms with E-state index in [9.17, 15) is 0 Å². The molecule has 0 radical (unpaired) electrons. The van der Waals surface area contributed by atoms with Crippen molar-refractivity contribution >= 4 is 0 Å². The predicted octanol–water partition coefficient (Wildman–Crippen LogP) is 5.87. The second-order valence-corrected chi connectivity index (χ2v) is 10.2. The third-order valence-electron chi connectivity index (χ3n) is 8.06. The van der Waals surface area contributed by atoms with E-state index in [0.29, 0.717) is 0 Å². The molecule has 0 aliphatic heterocycles. The standard InChI is InChI=1S/C31H32N8/c1-20-26(21(2)29(37-12-8-33-17-37)24(5)28(20)36-11-7-32-16-36)15-27-22(3)30(38-13-9-34-18-38)25(6)31(23(27)4)39-14-10-35-19-39/h7-14,16-19H,15H2,1-6H3. The lowest BCUT2D eigenvalue weighted by Gasteiger charge is -2.26. The van der Waals surface area contributed by atoms with Crippen molar-refractivity contribution < 1.29 is 0 Å². The summed E-state index contributed by atoms with van der Waals surface area (Å²) in [5, 5.41) is 0. The minimum Gasteiger partial charge on any atom is -0.306 e. The van der Waals surface area contributed by atoms with Crippen LogP contribution in [0.1, 0.15) is 44.5 Å². The molecule has 0 bridgehead atoms. The van der Waals surface area contributed by atoms with E-state index >= 15 is 0 Å². The van der Waals surface area contributed by atoms with Crippen LogP contribution in [0.4, 0.5) is 0 Å². The Kier molecular flexibility index (Phi) is 6.02. The summed E-state index contributed by atoms with van der Waals surface area (Å²) in [7, 11) is 0. The first-order valence-corrected chi connectivity index (χ1v) is 13.1. The van der Waals surface area contributed by atoms with Crippen molar-refractivity contribution in [3.05, 3.63) is 119 Å². The normalized spacial score (nSPS) is 11.4. The van der Waals surface area contributed by atoms with Crippen molar-refractivity contribution in [3.8, 4) is 22.7 Å². The molecule has 0 aliphatic carbocycles. The number of imidazole rings is 4. The molecule has 4 aromatic heterocycles. The first kappa shape index (κ1) is 24.6. The SMILES string of the molecule is Cc1c(Cc2c(C)c(-n3ccnc3)c(C)c(-n3ccnc3)c2C)c(C)c(-n2ccnc2)c(C)c1-n1ccnc1. The minimum atomic E-state index is 0.780. The molecule has 0 saturated heterocycles. The molecular formula is C31H32N8. The quantitative estimate of drug-likeness (QED) is 0.278. The van der Waals surface area contributed by atoms with E-state index in [1.807, 2.05) is 74.9 Å². The molecule has 4 heterocycles. The van der Waals surface area contributed by atoms with Crippen molar-refractivity contribution in [2.45, 2.75) is 48.0 Å². The van der Waals surface area contributed by atoms with E-state index in [0.717, 1.165) is 29.2 Å². The molecule has 6 aromatic rings. The van der Waals surface area contributed by atoms with E-state index in [1.54, 1.807) is 0 Å². The Labute approximate surface area is 228 Å². The molecular weight excluding hydrogens is 484 g/mol. The monoisotopic (exact) mass is 516 g/mol. The highest BCUT2D eigenvalue weighted by atomic mass is 15.1. The second kappa shape index (κ2) is 9.54. The highest BCUT2D eigenvalue weighted by molar-refractivity contribution is 5.69. The van der Waals surface area contributed by atoms with Gasteiger partial charge in [-0.1, -0.05) is 0 Å². The average molecular weight is 517 g/mol. The summed E-state index contributed by atoms with van der Waals surface area (Å²) in [6, 6.07) is 0. The Morgan fingerprint density at radius 3 is 0.872 bits per heavy atom. The summed E-state index contributed by atoms with van der Waals surface area (Å²) >= 11 is 0. The van der Waals surface area contributed by atoms with Crippen LogP contribution in [0.15, 0.2) is 74.9 Å². The van der Waals surface area contributed by atoms with E-state index < -0.39 is 0 Å². The molecule has 0 unspecified atom stereocenters. The molecule has 8 nitrogen and oxygen atoms in total. The zero-order valence-corrected chi connectivity index (χ0v) is 23.2. The van der Waals surface area contributed by atoms with Crippen LogP contribution in [0, 0.1) is 41.5 Å². The van der Waals surface area contributed by atoms with Crippen LogP contribution in [-0.4, -0.2) is 38.2 Å². The van der Waals surface area contributed by atoms with Crippen LogP contribution in [0.3, 0.4) is 0 Å². The molecule has 0 atom stereocenters. The van der Waals surface area contributed by atoms with Crippen LogP contribution in [0.2, 0.25) is 0 Å². The maximum absolute atomic E-state index is 4.35. The highest BCUT2D eigenvalue weighted by Gasteiger charge is 2.24. The summed E-state index contributed by atoms with van der Waals surface area (Å²) in [5.74, 6) is 0. The van der Waals surface area contributed by atoms with Gasteiger partial charge in [0.05, 0.1) is 48.1 Å². The molecule has 0 saturated carbocycles. The summed E-state index contributed by atoms with van der Waals surface area (Å²) < 4.78 is 8.49. The molecule has 6 rings (SSSR count). The maximum atomic E-state index is 4.35. The minimum absolute atomic E-state index is 0.780. The van der Waals surface area contributed by atoms with Crippen LogP contribution < -0.4 is 0 Å². The fraction of sp³-hybridized carbons (Fsp3) is 0.226. The van der Waals surface area contributed by atoms with Crippen LogP contribution in [-0.2, 0) is 6.42 Å². The molecule has 0 amide bonds. The zero-order valence-electron chi connectivity index (χ0n) is 23.2. The molecule has 0 fully saturated rings. The number of nitrogens with zero attached hydrogens (tertiary/aromatic N) is 8. The van der Waals surface area contributed by atoms with Gasteiger partial charge in [-0.3, -0.25) is 0 Å². The second-order valence-electron chi connectivity index (χ2n) is 10.2. The van der Waals surface area contributed by atoms with Gasteiger partial charge in [-0.2, -0.15) is 0 Å². The third-order valence-corrected chi connectivity index (χ3v) is 8.06. The fourth-order valence-electron chi connectivity index (χ4n) is 6.31. The maximum Gasteiger partial charge on any atom is 0.0991 e. The molecule has 0 spiro atoms. The first-order chi connectivity index (χ1) is 18.9. The van der Waals surface area contributed by atoms with Gasteiger partial charge in [0.2, 0.25) is 0 Å². The van der Waals surface area contributed by atoms with E-state index in [1.165, 1.54) is 44.5 Å². The van der Waals surface area contributed by atoms with Crippen LogP contribution in [0.25, 0.3) is 22.7 Å². The summed E-state index contributed by atoms with van der Waals surface area (Å²) in [4.78, 5) is 17.4. The average Bonchev–Trinajstić information content (AvgIpc) is 3.73. The lowest BCUT2D eigenvalue weighted by atomic mass is 9.85. The van der Waals surface area contributed by atoms with Gasteiger partial charge in [0, 0.05) is 49.6 Å². The topological polar surface area (TPSA) is 71.3 Å². The smallest absolute Gasteiger partial charge is 0.0991 e. The fourth-order valence-corrected chi connectivity index (χ4v) is 6.31. The van der Waals surface area contributed by atoms with Gasteiger partial charge in [-0.25, -0.2) is 19.9 Å². The lowest BCUT2D eigenvalue weighted by molar-refractivity contribution is 0.929. The van der Waals surface area contributed by atoms with Crippen molar-refractivity contribution in [3.63, 3.8) is 0 Å². The Hall–Kier alpha value is -4.72. The van der Waals surface area contributed by atoms with Gasteiger partial charge < -0.3 is 18.3 Å². The first-order valence-electron chi connectivity index (χ1n) is 13.1. The van der Waals surface area contributed by atoms with Crippen LogP contribution >= 0.6 is 0 Å². The van der Waals surface area contributed by atoms with Crippen molar-refractivity contribution in [2.75, 3.05) is 0 Å². The number of rotatable bonds is 6. The van der Waals surface area contributed by atoms with Crippen molar-refractivity contribution in [2.24, 2.45) is 0 Å². The Balaban J connectivity index is 1.64. The molecule has 0 N–H and O–H groups in total. The largest absolute Gasteiger partial charge is 0.306 e. The van der Waals surface area contributed by atoms with E-state index in [4.69, 9.17) is 0 Å². The predicted molar refractivity (Wildman–Crippen MR) is 153 cm³/mol. The van der Waals surface area contributed by atoms with Crippen molar-refractivity contribution in [1.29, 1.82) is 0 Å². The summed E-state index contributed by atoms with van der Waals surface area (Å²) in [5.41, 5.74) is 14.6. The van der Waals surface area contributed by atoms with Gasteiger partial charge in [0.1, 0.15) is 0 Å². The highest BCUT2D eigenvalue weighted by Crippen LogP contribution is 2.38. The number of hydrogen-bond acceptors (Lipinski definition) is 4. The molecule has 0 aliphatic rings. The lowest BCUT2D eigenvalue weighted by Crippen LogP contribution is -2.14. The molecule has 8 heteroatoms. The van der Waals surface area contributed by atoms with Gasteiger partial charge in [-0.05, 0) is 92.5 Å². The van der Waals surface area contributed by atoms with Gasteiger partial charge in [-0.15, -0.1) is 0 Å². The Morgan fingerprint density at radius 1 is 0.410 bits per heavy atom. The third kappa shape index (κ3) is 3.91. The van der Waals surface area contributed by atoms with Crippen molar-refractivity contribution in [1.82, 2.24) is 38.2 Å². The van der Waals surface area contributed by atoms with Gasteiger partial charge >= 0.3 is 0 Å². The number of aromatic nitrogens is 8. The molecule has 196 valence electrons. The van der Waals surface area contributed by atoms with Crippen LogP contribution in [0.5, 0.6) is 0 Å². The number of hydrogen-bond donors (Lipinski definition) is 0. The Bertz CT molecular complexity index is 1500. The van der Waals surface area contributed by atoms with E-state index in [-0.39, 0.29) is 0 Å². The molecule has 2 aromatic carbocycles.